The highest BCUT2D eigenvalue weighted by molar-refractivity contribution is 6.23. The van der Waals surface area contributed by atoms with Crippen molar-refractivity contribution in [2.45, 2.75) is 77.3 Å². The summed E-state index contributed by atoms with van der Waals surface area (Å²) in [6, 6.07) is 54.3. The van der Waals surface area contributed by atoms with Crippen LogP contribution in [-0.2, 0) is 10.8 Å². The maximum absolute atomic E-state index is 2.68. The summed E-state index contributed by atoms with van der Waals surface area (Å²) in [4.78, 5) is 5.36. The van der Waals surface area contributed by atoms with Gasteiger partial charge in [-0.2, -0.15) is 0 Å². The normalized spacial score (nSPS) is 17.8. The summed E-state index contributed by atoms with van der Waals surface area (Å²) < 4.78 is 0. The fourth-order valence-corrected chi connectivity index (χ4v) is 9.30. The van der Waals surface area contributed by atoms with E-state index in [0.29, 0.717) is 0 Å². The van der Waals surface area contributed by atoms with E-state index in [1.807, 2.05) is 0 Å². The Bertz CT molecular complexity index is 2340. The van der Waals surface area contributed by atoms with Gasteiger partial charge in [0.1, 0.15) is 0 Å². The number of nitrogens with zero attached hydrogens (tertiary/aromatic N) is 2. The fraction of sp³-hybridized carbons (Fsp3) is 0.240. The SMILES string of the molecule is CC1(C)c2ccccc2N(c2c3ccc(-c4ccccc4)cc3c(N3c4ccccc4C(C)(C)C3(C)C)c3ccc(-c4ccccc4)cc23)C1(C)C. The second-order valence-corrected chi connectivity index (χ2v) is 17.0. The maximum atomic E-state index is 2.68. The summed E-state index contributed by atoms with van der Waals surface area (Å²) in [6.07, 6.45) is 0. The van der Waals surface area contributed by atoms with Gasteiger partial charge < -0.3 is 9.80 Å². The number of hydrogen-bond acceptors (Lipinski definition) is 2. The highest BCUT2D eigenvalue weighted by Gasteiger charge is 2.54. The molecule has 0 aliphatic carbocycles. The number of fused-ring (bicyclic) bond motifs is 4. The van der Waals surface area contributed by atoms with Crippen LogP contribution in [0.5, 0.6) is 0 Å². The molecule has 0 saturated carbocycles. The van der Waals surface area contributed by atoms with E-state index in [2.05, 4.69) is 211 Å². The van der Waals surface area contributed by atoms with Crippen LogP contribution in [0.4, 0.5) is 22.7 Å². The first kappa shape index (κ1) is 32.6. The van der Waals surface area contributed by atoms with Gasteiger partial charge in [0.05, 0.1) is 11.4 Å². The van der Waals surface area contributed by atoms with E-state index in [4.69, 9.17) is 0 Å². The highest BCUT2D eigenvalue weighted by Crippen LogP contribution is 2.61. The quantitative estimate of drug-likeness (QED) is 0.171. The molecule has 7 aromatic carbocycles. The third kappa shape index (κ3) is 4.30. The smallest absolute Gasteiger partial charge is 0.0577 e. The van der Waals surface area contributed by atoms with Crippen LogP contribution in [0.25, 0.3) is 43.8 Å². The van der Waals surface area contributed by atoms with Gasteiger partial charge in [0.25, 0.3) is 0 Å². The molecule has 0 N–H and O–H groups in total. The molecule has 0 amide bonds. The summed E-state index contributed by atoms with van der Waals surface area (Å²) >= 11 is 0. The third-order valence-electron chi connectivity index (χ3n) is 13.5. The van der Waals surface area contributed by atoms with Crippen molar-refractivity contribution < 1.29 is 0 Å². The van der Waals surface area contributed by atoms with Crippen LogP contribution in [0.2, 0.25) is 0 Å². The molecule has 258 valence electrons. The maximum Gasteiger partial charge on any atom is 0.0577 e. The molecular formula is C50H48N2. The largest absolute Gasteiger partial charge is 0.334 e. The molecule has 52 heavy (non-hydrogen) atoms. The first-order chi connectivity index (χ1) is 24.9. The second-order valence-electron chi connectivity index (χ2n) is 17.0. The van der Waals surface area contributed by atoms with E-state index < -0.39 is 0 Å². The van der Waals surface area contributed by atoms with Gasteiger partial charge in [-0.3, -0.25) is 0 Å². The van der Waals surface area contributed by atoms with Crippen molar-refractivity contribution in [3.8, 4) is 22.3 Å². The Kier molecular flexibility index (Phi) is 6.94. The Balaban J connectivity index is 1.48. The first-order valence-electron chi connectivity index (χ1n) is 18.8. The lowest BCUT2D eigenvalue weighted by Crippen LogP contribution is -2.49. The van der Waals surface area contributed by atoms with Gasteiger partial charge in [-0.15, -0.1) is 0 Å². The van der Waals surface area contributed by atoms with E-state index in [0.717, 1.165) is 0 Å². The molecule has 9 rings (SSSR count). The molecule has 0 aromatic heterocycles. The van der Waals surface area contributed by atoms with Gasteiger partial charge in [0, 0.05) is 54.8 Å². The van der Waals surface area contributed by atoms with Crippen LogP contribution < -0.4 is 9.80 Å². The number of rotatable bonds is 4. The summed E-state index contributed by atoms with van der Waals surface area (Å²) in [5.74, 6) is 0. The fourth-order valence-electron chi connectivity index (χ4n) is 9.30. The number of anilines is 4. The van der Waals surface area contributed by atoms with Gasteiger partial charge in [-0.25, -0.2) is 0 Å². The Morgan fingerprint density at radius 1 is 0.327 bits per heavy atom. The molecule has 0 radical (unpaired) electrons. The molecule has 0 fully saturated rings. The zero-order valence-electron chi connectivity index (χ0n) is 31.8. The molecular weight excluding hydrogens is 629 g/mol. The van der Waals surface area contributed by atoms with Crippen LogP contribution in [0, 0.1) is 0 Å². The van der Waals surface area contributed by atoms with Crippen LogP contribution in [0.15, 0.2) is 146 Å². The predicted molar refractivity (Wildman–Crippen MR) is 224 cm³/mol. The van der Waals surface area contributed by atoms with E-state index in [1.165, 1.54) is 77.7 Å². The van der Waals surface area contributed by atoms with Crippen LogP contribution >= 0.6 is 0 Å². The number of benzene rings is 7. The first-order valence-corrected chi connectivity index (χ1v) is 18.8. The van der Waals surface area contributed by atoms with Gasteiger partial charge in [0.15, 0.2) is 0 Å². The Morgan fingerprint density at radius 2 is 0.673 bits per heavy atom. The minimum absolute atomic E-state index is 0.0954. The summed E-state index contributed by atoms with van der Waals surface area (Å²) in [7, 11) is 0. The van der Waals surface area contributed by atoms with Crippen LogP contribution in [0.1, 0.15) is 66.5 Å². The Morgan fingerprint density at radius 3 is 1.06 bits per heavy atom. The minimum atomic E-state index is -0.222. The van der Waals surface area contributed by atoms with Gasteiger partial charge in [0.2, 0.25) is 0 Å². The van der Waals surface area contributed by atoms with E-state index in [1.54, 1.807) is 0 Å². The lowest BCUT2D eigenvalue weighted by Gasteiger charge is -2.45. The third-order valence-corrected chi connectivity index (χ3v) is 13.5. The number of hydrogen-bond donors (Lipinski definition) is 0. The zero-order valence-corrected chi connectivity index (χ0v) is 31.8. The molecule has 0 saturated heterocycles. The lowest BCUT2D eigenvalue weighted by atomic mass is 9.72. The Hall–Kier alpha value is -5.34. The van der Waals surface area contributed by atoms with E-state index in [-0.39, 0.29) is 21.9 Å². The molecule has 0 spiro atoms. The van der Waals surface area contributed by atoms with E-state index >= 15 is 0 Å². The Labute approximate surface area is 309 Å². The molecule has 2 heteroatoms. The van der Waals surface area contributed by atoms with Gasteiger partial charge in [-0.05, 0) is 85.3 Å². The van der Waals surface area contributed by atoms with Crippen molar-refractivity contribution in [2.24, 2.45) is 0 Å². The molecule has 2 nitrogen and oxygen atoms in total. The average molecular weight is 677 g/mol. The highest BCUT2D eigenvalue weighted by atomic mass is 15.3. The van der Waals surface area contributed by atoms with Crippen molar-refractivity contribution in [2.75, 3.05) is 9.80 Å². The van der Waals surface area contributed by atoms with Gasteiger partial charge >= 0.3 is 0 Å². The molecule has 7 aromatic rings. The molecule has 2 aliphatic rings. The lowest BCUT2D eigenvalue weighted by molar-refractivity contribution is 0.330. The molecule has 2 heterocycles. The molecule has 2 aliphatic heterocycles. The monoisotopic (exact) mass is 676 g/mol. The van der Waals surface area contributed by atoms with Crippen molar-refractivity contribution in [1.82, 2.24) is 0 Å². The van der Waals surface area contributed by atoms with Gasteiger partial charge in [-0.1, -0.05) is 149 Å². The minimum Gasteiger partial charge on any atom is -0.334 e. The van der Waals surface area contributed by atoms with Crippen molar-refractivity contribution in [1.29, 1.82) is 0 Å². The number of para-hydroxylation sites is 2. The summed E-state index contributed by atoms with van der Waals surface area (Å²) in [5.41, 5.74) is 12.2. The second kappa shape index (κ2) is 11.1. The average Bonchev–Trinajstić information content (AvgIpc) is 3.41. The predicted octanol–water partition coefficient (Wildman–Crippen LogP) is 13.7. The van der Waals surface area contributed by atoms with Crippen molar-refractivity contribution in [3.05, 3.63) is 157 Å². The molecule has 0 atom stereocenters. The van der Waals surface area contributed by atoms with Crippen LogP contribution in [-0.4, -0.2) is 11.1 Å². The topological polar surface area (TPSA) is 6.48 Å². The summed E-state index contributed by atoms with van der Waals surface area (Å²) in [5, 5.41) is 5.08. The van der Waals surface area contributed by atoms with Crippen molar-refractivity contribution >= 4 is 44.3 Å². The van der Waals surface area contributed by atoms with E-state index in [9.17, 15) is 0 Å². The molecule has 0 unspecified atom stereocenters. The summed E-state index contributed by atoms with van der Waals surface area (Å²) in [6.45, 7) is 19.4. The standard InChI is InChI=1S/C50H48N2/c1-47(2)41-23-15-17-25-43(41)51(49(47,5)6)45-37-29-27-36(34-21-13-10-14-22-34)32-40(37)46(38-30-28-35(31-39(38)45)33-19-11-9-12-20-33)52-44-26-18-16-24-42(44)48(3,4)50(52,7)8/h9-32H,1-8H3. The molecule has 0 bridgehead atoms. The zero-order chi connectivity index (χ0) is 36.2. The van der Waals surface area contributed by atoms with Crippen molar-refractivity contribution in [3.63, 3.8) is 0 Å². The van der Waals surface area contributed by atoms with Crippen LogP contribution in [0.3, 0.4) is 0 Å².